The first kappa shape index (κ1) is 18.0. The highest BCUT2D eigenvalue weighted by atomic mass is 35.5. The number of rotatable bonds is 5. The number of nitrogens with one attached hydrogen (secondary N) is 1. The lowest BCUT2D eigenvalue weighted by Gasteiger charge is -2.14. The summed E-state index contributed by atoms with van der Waals surface area (Å²) in [6.45, 7) is 6.27. The van der Waals surface area contributed by atoms with E-state index in [1.54, 1.807) is 0 Å². The molecule has 26 heavy (non-hydrogen) atoms. The van der Waals surface area contributed by atoms with E-state index in [1.807, 2.05) is 49.4 Å². The second-order valence-corrected chi connectivity index (χ2v) is 6.79. The Morgan fingerprint density at radius 2 is 1.81 bits per heavy atom. The molecule has 0 aliphatic heterocycles. The van der Waals surface area contributed by atoms with Crippen LogP contribution in [0.2, 0.25) is 5.02 Å². The normalized spacial score (nSPS) is 10.8. The molecule has 0 aliphatic carbocycles. The molecule has 0 amide bonds. The second kappa shape index (κ2) is 7.62. The van der Waals surface area contributed by atoms with Crippen LogP contribution in [0.5, 0.6) is 11.6 Å². The minimum absolute atomic E-state index is 0.305. The van der Waals surface area contributed by atoms with E-state index in [2.05, 4.69) is 29.1 Å². The number of hydrogen-bond acceptors (Lipinski definition) is 5. The van der Waals surface area contributed by atoms with Gasteiger partial charge in [0.25, 0.3) is 0 Å². The molecule has 0 saturated heterocycles. The van der Waals surface area contributed by atoms with Crippen LogP contribution in [0.3, 0.4) is 0 Å². The average Bonchev–Trinajstić information content (AvgIpc) is 2.62. The summed E-state index contributed by atoms with van der Waals surface area (Å²) in [5, 5.41) is 3.82. The Kier molecular flexibility index (Phi) is 5.28. The van der Waals surface area contributed by atoms with Crippen molar-refractivity contribution in [3.63, 3.8) is 0 Å². The van der Waals surface area contributed by atoms with E-state index in [-0.39, 0.29) is 0 Å². The lowest BCUT2D eigenvalue weighted by Crippen LogP contribution is -2.04. The van der Waals surface area contributed by atoms with E-state index >= 15 is 0 Å². The van der Waals surface area contributed by atoms with Crippen molar-refractivity contribution in [2.45, 2.75) is 26.7 Å². The standard InChI is InChI=1S/C20H21ClN4O/c1-12(2)14-5-8-16(9-6-14)26-20-18(22)19(23-11-24-20)25-17-10-15(21)7-4-13(17)3/h4-12H,22H2,1-3H3,(H,23,24,25). The zero-order valence-electron chi connectivity index (χ0n) is 15.0. The van der Waals surface area contributed by atoms with E-state index < -0.39 is 0 Å². The maximum absolute atomic E-state index is 6.20. The van der Waals surface area contributed by atoms with Gasteiger partial charge in [-0.15, -0.1) is 0 Å². The number of nitrogen functional groups attached to an aromatic ring is 1. The van der Waals surface area contributed by atoms with Crippen LogP contribution >= 0.6 is 11.6 Å². The molecule has 2 aromatic carbocycles. The van der Waals surface area contributed by atoms with Crippen LogP contribution in [0.15, 0.2) is 48.8 Å². The zero-order chi connectivity index (χ0) is 18.7. The summed E-state index contributed by atoms with van der Waals surface area (Å²) < 4.78 is 5.83. The van der Waals surface area contributed by atoms with Gasteiger partial charge in [0, 0.05) is 10.7 Å². The van der Waals surface area contributed by atoms with Crippen LogP contribution in [0.1, 0.15) is 30.9 Å². The van der Waals surface area contributed by atoms with Gasteiger partial charge in [0.15, 0.2) is 5.82 Å². The number of ether oxygens (including phenoxy) is 1. The molecule has 0 spiro atoms. The van der Waals surface area contributed by atoms with Crippen LogP contribution in [-0.4, -0.2) is 9.97 Å². The minimum Gasteiger partial charge on any atom is -0.437 e. The number of benzene rings is 2. The topological polar surface area (TPSA) is 73.1 Å². The third kappa shape index (κ3) is 4.06. The van der Waals surface area contributed by atoms with Crippen molar-refractivity contribution in [2.75, 3.05) is 11.1 Å². The van der Waals surface area contributed by atoms with Crippen molar-refractivity contribution >= 4 is 28.8 Å². The summed E-state index contributed by atoms with van der Waals surface area (Å²) in [5.74, 6) is 1.91. The number of anilines is 3. The minimum atomic E-state index is 0.305. The fraction of sp³-hybridized carbons (Fsp3) is 0.200. The predicted molar refractivity (Wildman–Crippen MR) is 107 cm³/mol. The molecule has 3 aromatic rings. The summed E-state index contributed by atoms with van der Waals surface area (Å²) in [6, 6.07) is 13.5. The number of hydrogen-bond donors (Lipinski definition) is 2. The first-order valence-electron chi connectivity index (χ1n) is 8.35. The Morgan fingerprint density at radius 3 is 2.50 bits per heavy atom. The molecule has 134 valence electrons. The third-order valence-corrected chi connectivity index (χ3v) is 4.30. The molecular weight excluding hydrogens is 348 g/mol. The summed E-state index contributed by atoms with van der Waals surface area (Å²) in [5.41, 5.74) is 9.63. The largest absolute Gasteiger partial charge is 0.437 e. The number of aromatic nitrogens is 2. The summed E-state index contributed by atoms with van der Waals surface area (Å²) in [4.78, 5) is 8.36. The molecule has 3 rings (SSSR count). The van der Waals surface area contributed by atoms with Gasteiger partial charge in [-0.05, 0) is 48.2 Å². The third-order valence-electron chi connectivity index (χ3n) is 4.06. The van der Waals surface area contributed by atoms with E-state index in [9.17, 15) is 0 Å². The molecule has 0 saturated carbocycles. The maximum atomic E-state index is 6.20. The lowest BCUT2D eigenvalue weighted by atomic mass is 10.0. The second-order valence-electron chi connectivity index (χ2n) is 6.35. The van der Waals surface area contributed by atoms with Crippen molar-refractivity contribution in [3.05, 3.63) is 64.9 Å². The first-order chi connectivity index (χ1) is 12.4. The lowest BCUT2D eigenvalue weighted by molar-refractivity contribution is 0.464. The average molecular weight is 369 g/mol. The summed E-state index contributed by atoms with van der Waals surface area (Å²) in [7, 11) is 0. The molecule has 0 aliphatic rings. The molecule has 3 N–H and O–H groups in total. The summed E-state index contributed by atoms with van der Waals surface area (Å²) >= 11 is 6.07. The molecule has 5 nitrogen and oxygen atoms in total. The van der Waals surface area contributed by atoms with E-state index in [4.69, 9.17) is 22.1 Å². The zero-order valence-corrected chi connectivity index (χ0v) is 15.7. The van der Waals surface area contributed by atoms with Crippen LogP contribution in [0.4, 0.5) is 17.2 Å². The fourth-order valence-electron chi connectivity index (χ4n) is 2.45. The van der Waals surface area contributed by atoms with Crippen LogP contribution in [0.25, 0.3) is 0 Å². The van der Waals surface area contributed by atoms with Crippen molar-refractivity contribution in [1.82, 2.24) is 9.97 Å². The van der Waals surface area contributed by atoms with Gasteiger partial charge in [-0.25, -0.2) is 4.98 Å². The van der Waals surface area contributed by atoms with Crippen molar-refractivity contribution in [1.29, 1.82) is 0 Å². The highest BCUT2D eigenvalue weighted by Gasteiger charge is 2.12. The van der Waals surface area contributed by atoms with Crippen LogP contribution < -0.4 is 15.8 Å². The Balaban J connectivity index is 1.84. The van der Waals surface area contributed by atoms with E-state index in [0.717, 1.165) is 11.3 Å². The molecule has 0 bridgehead atoms. The van der Waals surface area contributed by atoms with Gasteiger partial charge in [0.2, 0.25) is 5.88 Å². The molecule has 1 heterocycles. The smallest absolute Gasteiger partial charge is 0.248 e. The quantitative estimate of drug-likeness (QED) is 0.606. The van der Waals surface area contributed by atoms with Gasteiger partial charge in [-0.3, -0.25) is 0 Å². The Labute approximate surface area is 158 Å². The molecule has 0 unspecified atom stereocenters. The van der Waals surface area contributed by atoms with Gasteiger partial charge in [-0.2, -0.15) is 4.98 Å². The van der Waals surface area contributed by atoms with Crippen molar-refractivity contribution in [2.24, 2.45) is 0 Å². The maximum Gasteiger partial charge on any atom is 0.248 e. The predicted octanol–water partition coefficient (Wildman–Crippen LogP) is 5.68. The van der Waals surface area contributed by atoms with Crippen molar-refractivity contribution < 1.29 is 4.74 Å². The van der Waals surface area contributed by atoms with Gasteiger partial charge >= 0.3 is 0 Å². The SMILES string of the molecule is Cc1ccc(Cl)cc1Nc1ncnc(Oc2ccc(C(C)C)cc2)c1N. The Hall–Kier alpha value is -2.79. The Bertz CT molecular complexity index is 910. The summed E-state index contributed by atoms with van der Waals surface area (Å²) in [6.07, 6.45) is 1.41. The van der Waals surface area contributed by atoms with E-state index in [1.165, 1.54) is 11.9 Å². The molecule has 0 atom stereocenters. The van der Waals surface area contributed by atoms with Gasteiger partial charge < -0.3 is 15.8 Å². The number of aryl methyl sites for hydroxylation is 1. The van der Waals surface area contributed by atoms with Crippen molar-refractivity contribution in [3.8, 4) is 11.6 Å². The highest BCUT2D eigenvalue weighted by molar-refractivity contribution is 6.30. The van der Waals surface area contributed by atoms with Crippen LogP contribution in [-0.2, 0) is 0 Å². The highest BCUT2D eigenvalue weighted by Crippen LogP contribution is 2.32. The van der Waals surface area contributed by atoms with Crippen LogP contribution in [0, 0.1) is 6.92 Å². The molecule has 1 aromatic heterocycles. The fourth-order valence-corrected chi connectivity index (χ4v) is 2.62. The Morgan fingerprint density at radius 1 is 1.08 bits per heavy atom. The number of nitrogens with zero attached hydrogens (tertiary/aromatic N) is 2. The monoisotopic (exact) mass is 368 g/mol. The molecule has 6 heteroatoms. The number of halogens is 1. The first-order valence-corrected chi connectivity index (χ1v) is 8.73. The number of nitrogens with two attached hydrogens (primary N) is 1. The van der Waals surface area contributed by atoms with Gasteiger partial charge in [0.1, 0.15) is 17.8 Å². The molecule has 0 radical (unpaired) electrons. The van der Waals surface area contributed by atoms with Gasteiger partial charge in [0.05, 0.1) is 0 Å². The van der Waals surface area contributed by atoms with E-state index in [0.29, 0.717) is 34.1 Å². The van der Waals surface area contributed by atoms with Gasteiger partial charge in [-0.1, -0.05) is 43.6 Å². The molecular formula is C20H21ClN4O. The molecule has 0 fully saturated rings.